The zero-order valence-electron chi connectivity index (χ0n) is 15.0. The van der Waals surface area contributed by atoms with Crippen LogP contribution in [0.25, 0.3) is 0 Å². The predicted molar refractivity (Wildman–Crippen MR) is 97.2 cm³/mol. The molecule has 2 amide bonds. The highest BCUT2D eigenvalue weighted by Crippen LogP contribution is 2.30. The topological polar surface area (TPSA) is 85.9 Å². The smallest absolute Gasteiger partial charge is 0.255 e. The zero-order valence-corrected chi connectivity index (χ0v) is 15.0. The number of rotatable bonds is 8. The predicted octanol–water partition coefficient (Wildman–Crippen LogP) is 1.87. The minimum atomic E-state index is -0.306. The molecular weight excluding hydrogens is 336 g/mol. The molecule has 0 atom stereocenters. The van der Waals surface area contributed by atoms with E-state index in [0.29, 0.717) is 34.9 Å². The maximum absolute atomic E-state index is 12.3. The van der Waals surface area contributed by atoms with Gasteiger partial charge in [0.25, 0.3) is 11.8 Å². The molecule has 138 valence electrons. The van der Waals surface area contributed by atoms with E-state index in [1.807, 2.05) is 0 Å². The molecule has 0 bridgehead atoms. The molecule has 7 nitrogen and oxygen atoms in total. The molecule has 2 rings (SSSR count). The molecule has 0 saturated heterocycles. The summed E-state index contributed by atoms with van der Waals surface area (Å²) >= 11 is 0. The Kier molecular flexibility index (Phi) is 6.84. The number of amides is 2. The molecule has 0 radical (unpaired) electrons. The van der Waals surface area contributed by atoms with Crippen molar-refractivity contribution in [1.29, 1.82) is 0 Å². The van der Waals surface area contributed by atoms with Crippen molar-refractivity contribution >= 4 is 11.8 Å². The van der Waals surface area contributed by atoms with Gasteiger partial charge in [0.1, 0.15) is 5.75 Å². The summed E-state index contributed by atoms with van der Waals surface area (Å²) in [7, 11) is 4.55. The minimum absolute atomic E-state index is 0.221. The highest BCUT2D eigenvalue weighted by molar-refractivity contribution is 5.98. The molecule has 26 heavy (non-hydrogen) atoms. The molecule has 0 aliphatic rings. The Morgan fingerprint density at radius 1 is 0.808 bits per heavy atom. The number of benzene rings is 2. The van der Waals surface area contributed by atoms with E-state index in [4.69, 9.17) is 14.2 Å². The third-order valence-electron chi connectivity index (χ3n) is 3.70. The summed E-state index contributed by atoms with van der Waals surface area (Å²) in [4.78, 5) is 24.3. The summed E-state index contributed by atoms with van der Waals surface area (Å²) in [5.41, 5.74) is 0.889. The summed E-state index contributed by atoms with van der Waals surface area (Å²) in [5.74, 6) is 1.00. The van der Waals surface area contributed by atoms with Crippen LogP contribution in [0, 0.1) is 0 Å². The average Bonchev–Trinajstić information content (AvgIpc) is 2.70. The highest BCUT2D eigenvalue weighted by Gasteiger charge is 2.15. The number of hydrogen-bond donors (Lipinski definition) is 2. The van der Waals surface area contributed by atoms with Crippen molar-refractivity contribution in [3.8, 4) is 17.2 Å². The molecule has 7 heteroatoms. The van der Waals surface area contributed by atoms with Gasteiger partial charge in [0.15, 0.2) is 11.5 Å². The molecular formula is C19H22N2O5. The molecule has 0 fully saturated rings. The molecule has 0 heterocycles. The van der Waals surface area contributed by atoms with Crippen LogP contribution in [0.2, 0.25) is 0 Å². The number of nitrogens with one attached hydrogen (secondary N) is 2. The Morgan fingerprint density at radius 2 is 1.46 bits per heavy atom. The summed E-state index contributed by atoms with van der Waals surface area (Å²) < 4.78 is 15.5. The Morgan fingerprint density at radius 3 is 2.04 bits per heavy atom. The van der Waals surface area contributed by atoms with Crippen molar-refractivity contribution in [2.75, 3.05) is 34.4 Å². The van der Waals surface area contributed by atoms with Gasteiger partial charge in [-0.1, -0.05) is 6.07 Å². The average molecular weight is 358 g/mol. The molecule has 0 spiro atoms. The molecule has 0 saturated carbocycles. The second-order valence-electron chi connectivity index (χ2n) is 5.28. The van der Waals surface area contributed by atoms with Crippen molar-refractivity contribution < 1.29 is 23.8 Å². The van der Waals surface area contributed by atoms with Crippen LogP contribution >= 0.6 is 0 Å². The van der Waals surface area contributed by atoms with Crippen molar-refractivity contribution in [3.63, 3.8) is 0 Å². The first-order valence-corrected chi connectivity index (χ1v) is 8.02. The quantitative estimate of drug-likeness (QED) is 0.704. The fourth-order valence-electron chi connectivity index (χ4n) is 2.36. The van der Waals surface area contributed by atoms with Gasteiger partial charge in [-0.25, -0.2) is 0 Å². The first-order chi connectivity index (χ1) is 12.6. The molecule has 0 aliphatic heterocycles. The fourth-order valence-corrected chi connectivity index (χ4v) is 2.36. The van der Waals surface area contributed by atoms with Gasteiger partial charge in [-0.2, -0.15) is 0 Å². The summed E-state index contributed by atoms with van der Waals surface area (Å²) in [5, 5.41) is 5.48. The normalized spacial score (nSPS) is 9.96. The van der Waals surface area contributed by atoms with E-state index in [-0.39, 0.29) is 18.4 Å². The number of carbonyl (C=O) groups excluding carboxylic acids is 2. The van der Waals surface area contributed by atoms with Crippen LogP contribution in [0.1, 0.15) is 20.7 Å². The Balaban J connectivity index is 1.86. The van der Waals surface area contributed by atoms with E-state index >= 15 is 0 Å². The maximum atomic E-state index is 12.3. The molecule has 2 aromatic rings. The van der Waals surface area contributed by atoms with Gasteiger partial charge in [-0.05, 0) is 36.4 Å². The second-order valence-corrected chi connectivity index (χ2v) is 5.28. The van der Waals surface area contributed by atoms with Crippen LogP contribution in [0.4, 0.5) is 0 Å². The van der Waals surface area contributed by atoms with Crippen LogP contribution in [-0.2, 0) is 0 Å². The van der Waals surface area contributed by atoms with E-state index in [9.17, 15) is 9.59 Å². The largest absolute Gasteiger partial charge is 0.497 e. The van der Waals surface area contributed by atoms with E-state index in [1.165, 1.54) is 14.2 Å². The molecule has 0 aliphatic carbocycles. The monoisotopic (exact) mass is 358 g/mol. The summed E-state index contributed by atoms with van der Waals surface area (Å²) in [6.07, 6.45) is 0. The second kappa shape index (κ2) is 9.31. The van der Waals surface area contributed by atoms with Gasteiger partial charge < -0.3 is 24.8 Å². The number of ether oxygens (including phenoxy) is 3. The lowest BCUT2D eigenvalue weighted by molar-refractivity contribution is 0.0925. The maximum Gasteiger partial charge on any atom is 0.255 e. The van der Waals surface area contributed by atoms with Crippen LogP contribution < -0.4 is 24.8 Å². The van der Waals surface area contributed by atoms with Crippen LogP contribution in [0.3, 0.4) is 0 Å². The van der Waals surface area contributed by atoms with Gasteiger partial charge in [0.05, 0.1) is 26.9 Å². The number of hydrogen-bond acceptors (Lipinski definition) is 5. The SMILES string of the molecule is COc1ccc(C(=O)NCCNC(=O)c2cccc(OC)c2OC)cc1. The number of methoxy groups -OCH3 is 3. The summed E-state index contributed by atoms with van der Waals surface area (Å²) in [6, 6.07) is 11.8. The van der Waals surface area contributed by atoms with E-state index in [0.717, 1.165) is 0 Å². The van der Waals surface area contributed by atoms with Gasteiger partial charge in [-0.15, -0.1) is 0 Å². The molecule has 0 aromatic heterocycles. The van der Waals surface area contributed by atoms with Gasteiger partial charge in [-0.3, -0.25) is 9.59 Å². The van der Waals surface area contributed by atoms with Gasteiger partial charge in [0, 0.05) is 18.7 Å². The first-order valence-electron chi connectivity index (χ1n) is 8.02. The van der Waals surface area contributed by atoms with E-state index in [2.05, 4.69) is 10.6 Å². The number of carbonyl (C=O) groups is 2. The number of para-hydroxylation sites is 1. The van der Waals surface area contributed by atoms with Crippen molar-refractivity contribution in [2.45, 2.75) is 0 Å². The van der Waals surface area contributed by atoms with Crippen LogP contribution in [0.5, 0.6) is 17.2 Å². The minimum Gasteiger partial charge on any atom is -0.497 e. The third kappa shape index (κ3) is 4.66. The zero-order chi connectivity index (χ0) is 18.9. The lowest BCUT2D eigenvalue weighted by Crippen LogP contribution is -2.34. The summed E-state index contributed by atoms with van der Waals surface area (Å²) in [6.45, 7) is 0.573. The van der Waals surface area contributed by atoms with E-state index < -0.39 is 0 Å². The molecule has 2 N–H and O–H groups in total. The lowest BCUT2D eigenvalue weighted by Gasteiger charge is -2.12. The highest BCUT2D eigenvalue weighted by atomic mass is 16.5. The van der Waals surface area contributed by atoms with Gasteiger partial charge in [0.2, 0.25) is 0 Å². The van der Waals surface area contributed by atoms with Crippen molar-refractivity contribution in [3.05, 3.63) is 53.6 Å². The first kappa shape index (κ1) is 19.1. The molecule has 0 unspecified atom stereocenters. The van der Waals surface area contributed by atoms with Crippen LogP contribution in [-0.4, -0.2) is 46.2 Å². The Labute approximate surface area is 152 Å². The van der Waals surface area contributed by atoms with Crippen LogP contribution in [0.15, 0.2) is 42.5 Å². The lowest BCUT2D eigenvalue weighted by atomic mass is 10.1. The third-order valence-corrected chi connectivity index (χ3v) is 3.70. The standard InChI is InChI=1S/C19H22N2O5/c1-24-14-9-7-13(8-10-14)18(22)20-11-12-21-19(23)15-5-4-6-16(25-2)17(15)26-3/h4-10H,11-12H2,1-3H3,(H,20,22)(H,21,23). The van der Waals surface area contributed by atoms with E-state index in [1.54, 1.807) is 49.6 Å². The molecule has 2 aromatic carbocycles. The van der Waals surface area contributed by atoms with Gasteiger partial charge >= 0.3 is 0 Å². The fraction of sp³-hybridized carbons (Fsp3) is 0.263. The van der Waals surface area contributed by atoms with Crippen molar-refractivity contribution in [2.24, 2.45) is 0 Å². The van der Waals surface area contributed by atoms with Crippen molar-refractivity contribution in [1.82, 2.24) is 10.6 Å². The Hall–Kier alpha value is -3.22. The Bertz CT molecular complexity index is 759.